The highest BCUT2D eigenvalue weighted by Gasteiger charge is 2.08. The molecule has 2 heteroatoms. The highest BCUT2D eigenvalue weighted by molar-refractivity contribution is 5.22. The number of pyridine rings is 1. The Balaban J connectivity index is 1.86. The number of hydrogen-bond acceptors (Lipinski definition) is 2. The lowest BCUT2D eigenvalue weighted by Crippen LogP contribution is -2.13. The van der Waals surface area contributed by atoms with Crippen molar-refractivity contribution in [3.05, 3.63) is 65.0 Å². The van der Waals surface area contributed by atoms with Gasteiger partial charge in [-0.05, 0) is 43.9 Å². The largest absolute Gasteiger partial charge is 0.393 e. The quantitative estimate of drug-likeness (QED) is 0.889. The van der Waals surface area contributed by atoms with Gasteiger partial charge in [-0.15, -0.1) is 0 Å². The number of hydrogen-bond donors (Lipinski definition) is 1. The van der Waals surface area contributed by atoms with Gasteiger partial charge in [0.05, 0.1) is 6.10 Å². The van der Waals surface area contributed by atoms with E-state index in [0.717, 1.165) is 24.1 Å². The van der Waals surface area contributed by atoms with E-state index in [1.54, 1.807) is 6.20 Å². The van der Waals surface area contributed by atoms with Gasteiger partial charge in [-0.3, -0.25) is 4.98 Å². The van der Waals surface area contributed by atoms with Crippen molar-refractivity contribution in [3.63, 3.8) is 0 Å². The van der Waals surface area contributed by atoms with Crippen LogP contribution in [0.2, 0.25) is 0 Å². The number of rotatable bonds is 5. The zero-order valence-electron chi connectivity index (χ0n) is 11.6. The number of aliphatic hydroxyl groups excluding tert-OH is 1. The van der Waals surface area contributed by atoms with Crippen LogP contribution in [0.1, 0.15) is 28.8 Å². The third kappa shape index (κ3) is 4.18. The standard InChI is InChI=1S/C17H21NO/c1-13-5-7-15(8-6-13)9-10-16(19)12-17-14(2)4-3-11-18-17/h3-8,11,16,19H,9-10,12H2,1-2H3. The minimum Gasteiger partial charge on any atom is -0.393 e. The first-order valence-electron chi connectivity index (χ1n) is 6.79. The van der Waals surface area contributed by atoms with E-state index in [2.05, 4.69) is 36.2 Å². The van der Waals surface area contributed by atoms with Gasteiger partial charge in [-0.1, -0.05) is 35.9 Å². The maximum absolute atomic E-state index is 10.1. The number of benzene rings is 1. The molecular weight excluding hydrogens is 234 g/mol. The van der Waals surface area contributed by atoms with Crippen LogP contribution in [-0.2, 0) is 12.8 Å². The maximum Gasteiger partial charge on any atom is 0.0598 e. The second-order valence-corrected chi connectivity index (χ2v) is 5.15. The molecular formula is C17H21NO. The fourth-order valence-corrected chi connectivity index (χ4v) is 2.15. The third-order valence-electron chi connectivity index (χ3n) is 3.43. The summed E-state index contributed by atoms with van der Waals surface area (Å²) in [4.78, 5) is 4.32. The van der Waals surface area contributed by atoms with Crippen molar-refractivity contribution >= 4 is 0 Å². The summed E-state index contributed by atoms with van der Waals surface area (Å²) in [6.45, 7) is 4.12. The molecule has 0 radical (unpaired) electrons. The van der Waals surface area contributed by atoms with E-state index >= 15 is 0 Å². The summed E-state index contributed by atoms with van der Waals surface area (Å²) in [5.74, 6) is 0. The minimum absolute atomic E-state index is 0.324. The van der Waals surface area contributed by atoms with Crippen LogP contribution in [0, 0.1) is 13.8 Å². The summed E-state index contributed by atoms with van der Waals surface area (Å²) in [5, 5.41) is 10.1. The molecule has 0 aliphatic heterocycles. The van der Waals surface area contributed by atoms with Crippen LogP contribution >= 0.6 is 0 Å². The molecule has 0 spiro atoms. The van der Waals surface area contributed by atoms with Gasteiger partial charge in [0.1, 0.15) is 0 Å². The van der Waals surface area contributed by atoms with Crippen molar-refractivity contribution in [1.29, 1.82) is 0 Å². The average molecular weight is 255 g/mol. The first-order valence-corrected chi connectivity index (χ1v) is 6.79. The summed E-state index contributed by atoms with van der Waals surface area (Å²) in [7, 11) is 0. The second kappa shape index (κ2) is 6.48. The Kier molecular flexibility index (Phi) is 4.69. The lowest BCUT2D eigenvalue weighted by atomic mass is 10.0. The third-order valence-corrected chi connectivity index (χ3v) is 3.43. The van der Waals surface area contributed by atoms with Gasteiger partial charge >= 0.3 is 0 Å². The van der Waals surface area contributed by atoms with Crippen LogP contribution in [-0.4, -0.2) is 16.2 Å². The predicted octanol–water partition coefficient (Wildman–Crippen LogP) is 3.23. The zero-order valence-corrected chi connectivity index (χ0v) is 11.6. The molecule has 0 saturated heterocycles. The van der Waals surface area contributed by atoms with Crippen LogP contribution in [0.4, 0.5) is 0 Å². The van der Waals surface area contributed by atoms with Crippen LogP contribution in [0.25, 0.3) is 0 Å². The van der Waals surface area contributed by atoms with Crippen LogP contribution < -0.4 is 0 Å². The van der Waals surface area contributed by atoms with Crippen molar-refractivity contribution in [3.8, 4) is 0 Å². The molecule has 1 heterocycles. The van der Waals surface area contributed by atoms with Crippen LogP contribution in [0.15, 0.2) is 42.6 Å². The summed E-state index contributed by atoms with van der Waals surface area (Å²) >= 11 is 0. The topological polar surface area (TPSA) is 33.1 Å². The Hall–Kier alpha value is -1.67. The van der Waals surface area contributed by atoms with E-state index < -0.39 is 0 Å². The summed E-state index contributed by atoms with van der Waals surface area (Å²) < 4.78 is 0. The van der Waals surface area contributed by atoms with Crippen molar-refractivity contribution < 1.29 is 5.11 Å². The highest BCUT2D eigenvalue weighted by atomic mass is 16.3. The van der Waals surface area contributed by atoms with Crippen LogP contribution in [0.3, 0.4) is 0 Å². The molecule has 0 saturated carbocycles. The number of aromatic nitrogens is 1. The monoisotopic (exact) mass is 255 g/mol. The molecule has 1 aromatic carbocycles. The Morgan fingerprint density at radius 1 is 1.11 bits per heavy atom. The van der Waals surface area contributed by atoms with E-state index in [-0.39, 0.29) is 6.10 Å². The zero-order chi connectivity index (χ0) is 13.7. The Morgan fingerprint density at radius 3 is 2.53 bits per heavy atom. The predicted molar refractivity (Wildman–Crippen MR) is 78.2 cm³/mol. The molecule has 0 fully saturated rings. The van der Waals surface area contributed by atoms with Gasteiger partial charge in [-0.2, -0.15) is 0 Å². The molecule has 19 heavy (non-hydrogen) atoms. The fourth-order valence-electron chi connectivity index (χ4n) is 2.15. The summed E-state index contributed by atoms with van der Waals surface area (Å²) in [6.07, 6.45) is 3.79. The van der Waals surface area contributed by atoms with Gasteiger partial charge in [0.25, 0.3) is 0 Å². The SMILES string of the molecule is Cc1ccc(CCC(O)Cc2ncccc2C)cc1. The first kappa shape index (κ1) is 13.8. The van der Waals surface area contributed by atoms with Gasteiger partial charge in [-0.25, -0.2) is 0 Å². The summed E-state index contributed by atoms with van der Waals surface area (Å²) in [6, 6.07) is 12.5. The van der Waals surface area contributed by atoms with Gasteiger partial charge < -0.3 is 5.11 Å². The van der Waals surface area contributed by atoms with Crippen molar-refractivity contribution in [2.75, 3.05) is 0 Å². The van der Waals surface area contributed by atoms with Crippen molar-refractivity contribution in [2.45, 2.75) is 39.2 Å². The molecule has 1 unspecified atom stereocenters. The highest BCUT2D eigenvalue weighted by Crippen LogP contribution is 2.12. The van der Waals surface area contributed by atoms with Gasteiger partial charge in [0.15, 0.2) is 0 Å². The molecule has 0 bridgehead atoms. The maximum atomic E-state index is 10.1. The van der Waals surface area contributed by atoms with E-state index in [4.69, 9.17) is 0 Å². The molecule has 1 atom stereocenters. The van der Waals surface area contributed by atoms with E-state index in [9.17, 15) is 5.11 Å². The molecule has 0 aliphatic carbocycles. The minimum atomic E-state index is -0.324. The van der Waals surface area contributed by atoms with Crippen molar-refractivity contribution in [2.24, 2.45) is 0 Å². The summed E-state index contributed by atoms with van der Waals surface area (Å²) in [5.41, 5.74) is 4.70. The number of aliphatic hydroxyl groups is 1. The van der Waals surface area contributed by atoms with E-state index in [1.807, 2.05) is 19.1 Å². The van der Waals surface area contributed by atoms with E-state index in [1.165, 1.54) is 11.1 Å². The van der Waals surface area contributed by atoms with E-state index in [0.29, 0.717) is 6.42 Å². The van der Waals surface area contributed by atoms with Gasteiger partial charge in [0.2, 0.25) is 0 Å². The molecule has 0 aliphatic rings. The molecule has 0 amide bonds. The number of aryl methyl sites for hydroxylation is 3. The van der Waals surface area contributed by atoms with Crippen molar-refractivity contribution in [1.82, 2.24) is 4.98 Å². The molecule has 1 aromatic heterocycles. The van der Waals surface area contributed by atoms with Crippen LogP contribution in [0.5, 0.6) is 0 Å². The second-order valence-electron chi connectivity index (χ2n) is 5.15. The lowest BCUT2D eigenvalue weighted by Gasteiger charge is -2.11. The molecule has 1 N–H and O–H groups in total. The van der Waals surface area contributed by atoms with Gasteiger partial charge in [0, 0.05) is 18.3 Å². The number of nitrogens with zero attached hydrogens (tertiary/aromatic N) is 1. The normalized spacial score (nSPS) is 12.4. The lowest BCUT2D eigenvalue weighted by molar-refractivity contribution is 0.164. The molecule has 2 nitrogen and oxygen atoms in total. The fraction of sp³-hybridized carbons (Fsp3) is 0.353. The molecule has 100 valence electrons. The average Bonchev–Trinajstić information content (AvgIpc) is 2.41. The Bertz CT molecular complexity index is 519. The molecule has 2 rings (SSSR count). The first-order chi connectivity index (χ1) is 9.15. The molecule has 2 aromatic rings. The smallest absolute Gasteiger partial charge is 0.0598 e. The Morgan fingerprint density at radius 2 is 1.84 bits per heavy atom. The Labute approximate surface area is 115 Å².